The van der Waals surface area contributed by atoms with Crippen LogP contribution in [0.25, 0.3) is 0 Å². The minimum absolute atomic E-state index is 0.0230. The van der Waals surface area contributed by atoms with Gasteiger partial charge in [-0.25, -0.2) is 13.6 Å². The van der Waals surface area contributed by atoms with Crippen molar-refractivity contribution in [3.05, 3.63) is 23.8 Å². The molecule has 1 aromatic rings. The second-order valence-electron chi connectivity index (χ2n) is 3.47. The topological polar surface area (TPSA) is 115 Å². The third kappa shape index (κ3) is 3.52. The fraction of sp³-hybridized carbons (Fsp3) is 0.300. The fourth-order valence-electron chi connectivity index (χ4n) is 1.40. The van der Waals surface area contributed by atoms with E-state index in [1.54, 1.807) is 12.1 Å². The van der Waals surface area contributed by atoms with E-state index in [0.29, 0.717) is 17.7 Å². The summed E-state index contributed by atoms with van der Waals surface area (Å²) in [4.78, 5) is 11.1. The first-order valence-corrected chi connectivity index (χ1v) is 6.58. The van der Waals surface area contributed by atoms with Crippen molar-refractivity contribution in [2.24, 2.45) is 10.9 Å². The molecular formula is C10H15N3O3S. The van der Waals surface area contributed by atoms with Crippen LogP contribution in [0, 0.1) is 0 Å². The first-order valence-electron chi connectivity index (χ1n) is 5.04. The van der Waals surface area contributed by atoms with Gasteiger partial charge >= 0.3 is 0 Å². The Morgan fingerprint density at radius 3 is 2.53 bits per heavy atom. The summed E-state index contributed by atoms with van der Waals surface area (Å²) >= 11 is 0. The smallest absolute Gasteiger partial charge is 0.238 e. The zero-order chi connectivity index (χ0) is 13.1. The van der Waals surface area contributed by atoms with Crippen LogP contribution in [0.4, 0.5) is 5.69 Å². The predicted molar refractivity (Wildman–Crippen MR) is 64.9 cm³/mol. The Balaban J connectivity index is 3.19. The van der Waals surface area contributed by atoms with Gasteiger partial charge in [0.05, 0.1) is 11.4 Å². The summed E-state index contributed by atoms with van der Waals surface area (Å²) < 4.78 is 22.7. The second kappa shape index (κ2) is 5.26. The molecule has 0 aliphatic heterocycles. The molecule has 1 aromatic carbocycles. The first-order chi connectivity index (χ1) is 7.88. The number of carbonyl (C=O) groups excluding carboxylic acids is 1. The van der Waals surface area contributed by atoms with Crippen LogP contribution in [0.5, 0.6) is 0 Å². The molecule has 0 saturated carbocycles. The molecule has 0 unspecified atom stereocenters. The van der Waals surface area contributed by atoms with Gasteiger partial charge in [-0.05, 0) is 24.1 Å². The van der Waals surface area contributed by atoms with Gasteiger partial charge in [0, 0.05) is 5.69 Å². The van der Waals surface area contributed by atoms with Gasteiger partial charge in [-0.1, -0.05) is 13.0 Å². The number of aryl methyl sites for hydroxylation is 1. The number of nitrogens with two attached hydrogens (primary N) is 2. The van der Waals surface area contributed by atoms with Crippen molar-refractivity contribution in [1.29, 1.82) is 0 Å². The second-order valence-corrected chi connectivity index (χ2v) is 5.00. The van der Waals surface area contributed by atoms with E-state index < -0.39 is 15.9 Å². The quantitative estimate of drug-likeness (QED) is 0.692. The number of benzene rings is 1. The monoisotopic (exact) mass is 257 g/mol. The number of nitrogens with one attached hydrogen (secondary N) is 1. The molecule has 1 rings (SSSR count). The molecule has 0 aliphatic rings. The van der Waals surface area contributed by atoms with E-state index in [0.717, 1.165) is 0 Å². The van der Waals surface area contributed by atoms with Gasteiger partial charge in [-0.3, -0.25) is 4.79 Å². The molecule has 0 bridgehead atoms. The third-order valence-electron chi connectivity index (χ3n) is 2.22. The molecule has 0 fully saturated rings. The molecule has 0 radical (unpaired) electrons. The predicted octanol–water partition coefficient (Wildman–Crippen LogP) is -0.206. The molecule has 1 amide bonds. The van der Waals surface area contributed by atoms with Crippen molar-refractivity contribution in [2.75, 3.05) is 11.9 Å². The maximum Gasteiger partial charge on any atom is 0.238 e. The summed E-state index contributed by atoms with van der Waals surface area (Å²) in [6.45, 7) is 1.66. The minimum atomic E-state index is -3.79. The van der Waals surface area contributed by atoms with Crippen molar-refractivity contribution in [3.63, 3.8) is 0 Å². The van der Waals surface area contributed by atoms with E-state index in [-0.39, 0.29) is 11.4 Å². The normalized spacial score (nSPS) is 11.2. The van der Waals surface area contributed by atoms with Gasteiger partial charge in [0.1, 0.15) is 0 Å². The number of amides is 1. The van der Waals surface area contributed by atoms with Crippen LogP contribution in [0.15, 0.2) is 23.1 Å². The largest absolute Gasteiger partial charge is 0.325 e. The van der Waals surface area contributed by atoms with Gasteiger partial charge in [0.25, 0.3) is 0 Å². The van der Waals surface area contributed by atoms with Gasteiger partial charge < -0.3 is 11.1 Å². The molecule has 0 aliphatic carbocycles. The van der Waals surface area contributed by atoms with Crippen molar-refractivity contribution >= 4 is 21.6 Å². The van der Waals surface area contributed by atoms with E-state index in [9.17, 15) is 13.2 Å². The zero-order valence-electron chi connectivity index (χ0n) is 9.43. The molecule has 0 spiro atoms. The third-order valence-corrected chi connectivity index (χ3v) is 3.22. The Labute approximate surface area is 100 Å². The van der Waals surface area contributed by atoms with Crippen LogP contribution in [0.3, 0.4) is 0 Å². The Morgan fingerprint density at radius 2 is 2.06 bits per heavy atom. The van der Waals surface area contributed by atoms with E-state index in [4.69, 9.17) is 10.9 Å². The molecule has 6 nitrogen and oxygen atoms in total. The lowest BCUT2D eigenvalue weighted by Crippen LogP contribution is -2.22. The van der Waals surface area contributed by atoms with E-state index in [1.165, 1.54) is 6.07 Å². The highest BCUT2D eigenvalue weighted by Crippen LogP contribution is 2.20. The van der Waals surface area contributed by atoms with E-state index in [1.807, 2.05) is 6.92 Å². The Hall–Kier alpha value is -1.44. The van der Waals surface area contributed by atoms with Crippen LogP contribution >= 0.6 is 0 Å². The Bertz CT molecular complexity index is 526. The molecule has 0 heterocycles. The molecule has 7 heteroatoms. The molecule has 0 aromatic heterocycles. The zero-order valence-corrected chi connectivity index (χ0v) is 10.3. The number of primary sulfonamides is 1. The van der Waals surface area contributed by atoms with Crippen molar-refractivity contribution < 1.29 is 13.2 Å². The van der Waals surface area contributed by atoms with Crippen LogP contribution in [0.1, 0.15) is 12.5 Å². The number of hydrogen-bond acceptors (Lipinski definition) is 4. The van der Waals surface area contributed by atoms with Crippen LogP contribution in [-0.4, -0.2) is 20.9 Å². The average Bonchev–Trinajstić information content (AvgIpc) is 2.27. The SMILES string of the molecule is CCc1ccc(NC(=O)CN)cc1S(N)(=O)=O. The van der Waals surface area contributed by atoms with Gasteiger partial charge in [0.2, 0.25) is 15.9 Å². The molecule has 0 saturated heterocycles. The van der Waals surface area contributed by atoms with Crippen LogP contribution in [0.2, 0.25) is 0 Å². The molecule has 17 heavy (non-hydrogen) atoms. The molecule has 5 N–H and O–H groups in total. The van der Waals surface area contributed by atoms with Gasteiger partial charge in [0.15, 0.2) is 0 Å². The van der Waals surface area contributed by atoms with Gasteiger partial charge in [-0.2, -0.15) is 0 Å². The lowest BCUT2D eigenvalue weighted by Gasteiger charge is -2.09. The maximum absolute atomic E-state index is 11.4. The summed E-state index contributed by atoms with van der Waals surface area (Å²) in [7, 11) is -3.79. The number of anilines is 1. The van der Waals surface area contributed by atoms with Crippen LogP contribution in [-0.2, 0) is 21.2 Å². The summed E-state index contributed by atoms with van der Waals surface area (Å²) in [6, 6.07) is 4.56. The summed E-state index contributed by atoms with van der Waals surface area (Å²) in [5.41, 5.74) is 6.12. The fourth-order valence-corrected chi connectivity index (χ4v) is 2.27. The molecule has 94 valence electrons. The summed E-state index contributed by atoms with van der Waals surface area (Å²) in [5, 5.41) is 7.57. The minimum Gasteiger partial charge on any atom is -0.325 e. The number of carbonyl (C=O) groups is 1. The highest BCUT2D eigenvalue weighted by molar-refractivity contribution is 7.89. The number of hydrogen-bond donors (Lipinski definition) is 3. The highest BCUT2D eigenvalue weighted by Gasteiger charge is 2.14. The lowest BCUT2D eigenvalue weighted by molar-refractivity contribution is -0.114. The van der Waals surface area contributed by atoms with Crippen molar-refractivity contribution in [3.8, 4) is 0 Å². The highest BCUT2D eigenvalue weighted by atomic mass is 32.2. The van der Waals surface area contributed by atoms with E-state index >= 15 is 0 Å². The molecular weight excluding hydrogens is 242 g/mol. The van der Waals surface area contributed by atoms with Crippen LogP contribution < -0.4 is 16.2 Å². The average molecular weight is 257 g/mol. The lowest BCUT2D eigenvalue weighted by atomic mass is 10.1. The number of sulfonamides is 1. The Kier molecular flexibility index (Phi) is 4.22. The van der Waals surface area contributed by atoms with Gasteiger partial charge in [-0.15, -0.1) is 0 Å². The van der Waals surface area contributed by atoms with Crippen molar-refractivity contribution in [2.45, 2.75) is 18.2 Å². The maximum atomic E-state index is 11.4. The van der Waals surface area contributed by atoms with Crippen molar-refractivity contribution in [1.82, 2.24) is 0 Å². The Morgan fingerprint density at radius 1 is 1.41 bits per heavy atom. The first kappa shape index (κ1) is 13.6. The summed E-state index contributed by atoms with van der Waals surface area (Å²) in [5.74, 6) is -0.394. The van der Waals surface area contributed by atoms with E-state index in [2.05, 4.69) is 5.32 Å². The molecule has 0 atom stereocenters. The summed E-state index contributed by atoms with van der Waals surface area (Å²) in [6.07, 6.45) is 0.539. The number of rotatable bonds is 4. The standard InChI is InChI=1S/C10H15N3O3S/c1-2-7-3-4-8(13-10(14)6-11)5-9(7)17(12,15)16/h3-5H,2,6,11H2,1H3,(H,13,14)(H2,12,15,16).